The molecule has 0 radical (unpaired) electrons. The van der Waals surface area contributed by atoms with Gasteiger partial charge in [0.1, 0.15) is 0 Å². The van der Waals surface area contributed by atoms with Gasteiger partial charge in [-0.05, 0) is 25.8 Å². The van der Waals surface area contributed by atoms with Crippen LogP contribution in [-0.4, -0.2) is 37.0 Å². The third-order valence-corrected chi connectivity index (χ3v) is 3.73. The number of hydrogen-bond acceptors (Lipinski definition) is 2. The van der Waals surface area contributed by atoms with Crippen LogP contribution in [-0.2, 0) is 4.79 Å². The number of likely N-dealkylation sites (tertiary alicyclic amines) is 1. The van der Waals surface area contributed by atoms with Gasteiger partial charge in [0.05, 0.1) is 0 Å². The van der Waals surface area contributed by atoms with Crippen molar-refractivity contribution in [2.24, 2.45) is 11.8 Å². The first-order valence-electron chi connectivity index (χ1n) is 6.56. The summed E-state index contributed by atoms with van der Waals surface area (Å²) in [5.74, 6) is 1.11. The summed E-state index contributed by atoms with van der Waals surface area (Å²) >= 11 is 0. The first-order valence-corrected chi connectivity index (χ1v) is 6.56. The average Bonchev–Trinajstić information content (AvgIpc) is 2.28. The Bertz CT molecular complexity index is 230. The van der Waals surface area contributed by atoms with Crippen LogP contribution >= 0.6 is 0 Å². The van der Waals surface area contributed by atoms with Crippen LogP contribution in [0.1, 0.15) is 40.0 Å². The Morgan fingerprint density at radius 3 is 2.75 bits per heavy atom. The molecule has 3 unspecified atom stereocenters. The molecule has 3 atom stereocenters. The van der Waals surface area contributed by atoms with E-state index in [1.807, 2.05) is 7.05 Å². The summed E-state index contributed by atoms with van der Waals surface area (Å²) in [6.07, 6.45) is 3.19. The lowest BCUT2D eigenvalue weighted by molar-refractivity contribution is -0.137. The van der Waals surface area contributed by atoms with Crippen molar-refractivity contribution in [2.45, 2.75) is 46.1 Å². The molecule has 0 spiro atoms. The zero-order chi connectivity index (χ0) is 12.1. The normalized spacial score (nSPS) is 27.9. The summed E-state index contributed by atoms with van der Waals surface area (Å²) in [7, 11) is 2.01. The molecule has 0 bridgehead atoms. The molecular weight excluding hydrogens is 200 g/mol. The SMILES string of the molecule is CCCC(C)C(=O)N1CCC(NC)C(C)C1. The van der Waals surface area contributed by atoms with Crippen molar-refractivity contribution in [3.8, 4) is 0 Å². The van der Waals surface area contributed by atoms with Crippen LogP contribution in [0, 0.1) is 11.8 Å². The van der Waals surface area contributed by atoms with Gasteiger partial charge in [-0.3, -0.25) is 4.79 Å². The third kappa shape index (κ3) is 3.21. The molecule has 0 aromatic carbocycles. The fourth-order valence-corrected chi connectivity index (χ4v) is 2.64. The lowest BCUT2D eigenvalue weighted by Crippen LogP contribution is -2.50. The molecule has 16 heavy (non-hydrogen) atoms. The zero-order valence-corrected chi connectivity index (χ0v) is 11.1. The van der Waals surface area contributed by atoms with Crippen molar-refractivity contribution in [1.82, 2.24) is 10.2 Å². The molecule has 1 rings (SSSR count). The number of hydrogen-bond donors (Lipinski definition) is 1. The van der Waals surface area contributed by atoms with Gasteiger partial charge >= 0.3 is 0 Å². The number of piperidine rings is 1. The number of carbonyl (C=O) groups excluding carboxylic acids is 1. The third-order valence-electron chi connectivity index (χ3n) is 3.73. The average molecular weight is 226 g/mol. The largest absolute Gasteiger partial charge is 0.342 e. The van der Waals surface area contributed by atoms with Crippen LogP contribution in [0.4, 0.5) is 0 Å². The van der Waals surface area contributed by atoms with Crippen LogP contribution in [0.25, 0.3) is 0 Å². The van der Waals surface area contributed by atoms with E-state index in [2.05, 4.69) is 31.0 Å². The molecule has 0 aromatic heterocycles. The van der Waals surface area contributed by atoms with E-state index < -0.39 is 0 Å². The molecule has 3 nitrogen and oxygen atoms in total. The van der Waals surface area contributed by atoms with Gasteiger partial charge in [-0.1, -0.05) is 27.2 Å². The lowest BCUT2D eigenvalue weighted by Gasteiger charge is -2.38. The summed E-state index contributed by atoms with van der Waals surface area (Å²) in [6.45, 7) is 8.26. The Morgan fingerprint density at radius 2 is 2.25 bits per heavy atom. The van der Waals surface area contributed by atoms with E-state index in [0.29, 0.717) is 17.9 Å². The highest BCUT2D eigenvalue weighted by Crippen LogP contribution is 2.19. The van der Waals surface area contributed by atoms with E-state index >= 15 is 0 Å². The van der Waals surface area contributed by atoms with Gasteiger partial charge in [0.25, 0.3) is 0 Å². The summed E-state index contributed by atoms with van der Waals surface area (Å²) in [5.41, 5.74) is 0. The van der Waals surface area contributed by atoms with Crippen LogP contribution in [0.2, 0.25) is 0 Å². The highest BCUT2D eigenvalue weighted by molar-refractivity contribution is 5.78. The Morgan fingerprint density at radius 1 is 1.56 bits per heavy atom. The fourth-order valence-electron chi connectivity index (χ4n) is 2.64. The molecule has 0 saturated carbocycles. The molecule has 0 aromatic rings. The van der Waals surface area contributed by atoms with Crippen molar-refractivity contribution >= 4 is 5.91 Å². The van der Waals surface area contributed by atoms with Gasteiger partial charge in [-0.15, -0.1) is 0 Å². The topological polar surface area (TPSA) is 32.3 Å². The van der Waals surface area contributed by atoms with Gasteiger partial charge in [-0.2, -0.15) is 0 Å². The van der Waals surface area contributed by atoms with Crippen LogP contribution < -0.4 is 5.32 Å². The maximum atomic E-state index is 12.1. The second-order valence-corrected chi connectivity index (χ2v) is 5.14. The maximum absolute atomic E-state index is 12.1. The predicted molar refractivity (Wildman–Crippen MR) is 67.3 cm³/mol. The number of rotatable bonds is 4. The van der Waals surface area contributed by atoms with Gasteiger partial charge in [0.2, 0.25) is 5.91 Å². The Balaban J connectivity index is 2.47. The monoisotopic (exact) mass is 226 g/mol. The number of nitrogens with one attached hydrogen (secondary N) is 1. The van der Waals surface area contributed by atoms with Gasteiger partial charge in [-0.25, -0.2) is 0 Å². The van der Waals surface area contributed by atoms with Crippen LogP contribution in [0.5, 0.6) is 0 Å². The van der Waals surface area contributed by atoms with Crippen molar-refractivity contribution < 1.29 is 4.79 Å². The second-order valence-electron chi connectivity index (χ2n) is 5.14. The first-order chi connectivity index (χ1) is 7.60. The number of carbonyl (C=O) groups is 1. The summed E-state index contributed by atoms with van der Waals surface area (Å²) in [5, 5.41) is 3.33. The molecule has 1 amide bonds. The molecule has 1 heterocycles. The molecule has 1 saturated heterocycles. The van der Waals surface area contributed by atoms with Gasteiger partial charge < -0.3 is 10.2 Å². The van der Waals surface area contributed by atoms with E-state index in [0.717, 1.165) is 32.4 Å². The second kappa shape index (κ2) is 6.24. The minimum atomic E-state index is 0.198. The van der Waals surface area contributed by atoms with E-state index in [-0.39, 0.29) is 5.92 Å². The lowest BCUT2D eigenvalue weighted by atomic mass is 9.92. The fraction of sp³-hybridized carbons (Fsp3) is 0.923. The zero-order valence-electron chi connectivity index (χ0n) is 11.1. The molecule has 1 fully saturated rings. The highest BCUT2D eigenvalue weighted by atomic mass is 16.2. The molecule has 3 heteroatoms. The molecular formula is C13H26N2O. The minimum Gasteiger partial charge on any atom is -0.342 e. The Hall–Kier alpha value is -0.570. The van der Waals surface area contributed by atoms with Crippen molar-refractivity contribution in [3.05, 3.63) is 0 Å². The highest BCUT2D eigenvalue weighted by Gasteiger charge is 2.29. The van der Waals surface area contributed by atoms with Crippen molar-refractivity contribution in [2.75, 3.05) is 20.1 Å². The van der Waals surface area contributed by atoms with Gasteiger partial charge in [0.15, 0.2) is 0 Å². The number of amides is 1. The maximum Gasteiger partial charge on any atom is 0.225 e. The standard InChI is InChI=1S/C13H26N2O/c1-5-6-10(2)13(16)15-8-7-12(14-4)11(3)9-15/h10-12,14H,5-9H2,1-4H3. The van der Waals surface area contributed by atoms with E-state index in [1.54, 1.807) is 0 Å². The summed E-state index contributed by atoms with van der Waals surface area (Å²) in [4.78, 5) is 14.2. The molecule has 94 valence electrons. The molecule has 1 aliphatic heterocycles. The Labute approximate surface area is 99.6 Å². The minimum absolute atomic E-state index is 0.198. The van der Waals surface area contributed by atoms with Gasteiger partial charge in [0, 0.05) is 25.0 Å². The number of nitrogens with zero attached hydrogens (tertiary/aromatic N) is 1. The Kier molecular flexibility index (Phi) is 5.26. The predicted octanol–water partition coefficient (Wildman–Crippen LogP) is 1.88. The quantitative estimate of drug-likeness (QED) is 0.794. The molecule has 0 aliphatic carbocycles. The van der Waals surface area contributed by atoms with Crippen molar-refractivity contribution in [3.63, 3.8) is 0 Å². The van der Waals surface area contributed by atoms with Crippen molar-refractivity contribution in [1.29, 1.82) is 0 Å². The molecule has 1 N–H and O–H groups in total. The smallest absolute Gasteiger partial charge is 0.225 e. The van der Waals surface area contributed by atoms with E-state index in [9.17, 15) is 4.79 Å². The summed E-state index contributed by atoms with van der Waals surface area (Å²) < 4.78 is 0. The van der Waals surface area contributed by atoms with Crippen LogP contribution in [0.3, 0.4) is 0 Å². The van der Waals surface area contributed by atoms with E-state index in [1.165, 1.54) is 0 Å². The summed E-state index contributed by atoms with van der Waals surface area (Å²) in [6, 6.07) is 0.575. The molecule has 1 aliphatic rings. The first kappa shape index (κ1) is 13.5. The van der Waals surface area contributed by atoms with Crippen LogP contribution in [0.15, 0.2) is 0 Å². The van der Waals surface area contributed by atoms with E-state index in [4.69, 9.17) is 0 Å².